The summed E-state index contributed by atoms with van der Waals surface area (Å²) < 4.78 is 10.8. The number of ether oxygens (including phenoxy) is 2. The van der Waals surface area contributed by atoms with Crippen molar-refractivity contribution >= 4 is 5.91 Å². The third kappa shape index (κ3) is 5.21. The molecule has 4 nitrogen and oxygen atoms in total. The van der Waals surface area contributed by atoms with Crippen molar-refractivity contribution in [2.45, 2.75) is 33.3 Å². The Labute approximate surface area is 121 Å². The minimum atomic E-state index is -0.213. The number of carbonyl (C=O) groups excluding carboxylic acids is 1. The topological polar surface area (TPSA) is 47.6 Å². The van der Waals surface area contributed by atoms with Crippen LogP contribution in [0.25, 0.3) is 0 Å². The van der Waals surface area contributed by atoms with E-state index in [0.29, 0.717) is 13.0 Å². The van der Waals surface area contributed by atoms with Gasteiger partial charge in [0.2, 0.25) is 5.91 Å². The van der Waals surface area contributed by atoms with Gasteiger partial charge in [0.15, 0.2) is 0 Å². The summed E-state index contributed by atoms with van der Waals surface area (Å²) in [4.78, 5) is 11.9. The van der Waals surface area contributed by atoms with E-state index in [1.165, 1.54) is 0 Å². The molecular formula is C16H25NO3. The van der Waals surface area contributed by atoms with Gasteiger partial charge in [-0.15, -0.1) is 0 Å². The van der Waals surface area contributed by atoms with E-state index in [1.807, 2.05) is 45.0 Å². The summed E-state index contributed by atoms with van der Waals surface area (Å²) in [5.41, 5.74) is 0.922. The van der Waals surface area contributed by atoms with E-state index in [-0.39, 0.29) is 17.4 Å². The van der Waals surface area contributed by atoms with Crippen LogP contribution in [0.15, 0.2) is 24.3 Å². The SMILES string of the molecule is COc1ccccc1[C@@H](CNC(=O)CC(C)(C)C)OC. The third-order valence-electron chi connectivity index (χ3n) is 2.95. The Balaban J connectivity index is 2.66. The van der Waals surface area contributed by atoms with Crippen LogP contribution in [0, 0.1) is 5.41 Å². The molecule has 1 amide bonds. The first-order valence-corrected chi connectivity index (χ1v) is 6.80. The number of hydrogen-bond acceptors (Lipinski definition) is 3. The molecule has 0 aliphatic carbocycles. The number of benzene rings is 1. The zero-order valence-corrected chi connectivity index (χ0v) is 13.0. The average Bonchev–Trinajstić information content (AvgIpc) is 2.38. The highest BCUT2D eigenvalue weighted by Crippen LogP contribution is 2.26. The van der Waals surface area contributed by atoms with Crippen molar-refractivity contribution in [2.24, 2.45) is 5.41 Å². The second-order valence-electron chi connectivity index (χ2n) is 6.01. The maximum absolute atomic E-state index is 11.9. The number of para-hydroxylation sites is 1. The van der Waals surface area contributed by atoms with Crippen LogP contribution >= 0.6 is 0 Å². The average molecular weight is 279 g/mol. The molecule has 0 fully saturated rings. The summed E-state index contributed by atoms with van der Waals surface area (Å²) in [6, 6.07) is 7.68. The van der Waals surface area contributed by atoms with Crippen molar-refractivity contribution in [1.29, 1.82) is 0 Å². The lowest BCUT2D eigenvalue weighted by atomic mass is 9.92. The normalized spacial score (nSPS) is 12.8. The first kappa shape index (κ1) is 16.5. The number of nitrogens with one attached hydrogen (secondary N) is 1. The standard InChI is InChI=1S/C16H25NO3/c1-16(2,3)10-15(18)17-11-14(20-5)12-8-6-7-9-13(12)19-4/h6-9,14H,10-11H2,1-5H3,(H,17,18)/t14-/m1/s1. The van der Waals surface area contributed by atoms with Gasteiger partial charge in [0.1, 0.15) is 11.9 Å². The molecule has 20 heavy (non-hydrogen) atoms. The smallest absolute Gasteiger partial charge is 0.220 e. The molecule has 0 heterocycles. The summed E-state index contributed by atoms with van der Waals surface area (Å²) in [7, 11) is 3.26. The van der Waals surface area contributed by atoms with Crippen LogP contribution in [0.1, 0.15) is 38.9 Å². The molecule has 0 saturated carbocycles. The first-order chi connectivity index (χ1) is 9.37. The Morgan fingerprint density at radius 3 is 2.45 bits per heavy atom. The highest BCUT2D eigenvalue weighted by Gasteiger charge is 2.19. The molecule has 1 atom stereocenters. The molecule has 1 rings (SSSR count). The summed E-state index contributed by atoms with van der Waals surface area (Å²) in [6.07, 6.45) is 0.282. The van der Waals surface area contributed by atoms with E-state index in [1.54, 1.807) is 14.2 Å². The van der Waals surface area contributed by atoms with Crippen LogP contribution in [0.5, 0.6) is 5.75 Å². The van der Waals surface area contributed by atoms with E-state index in [2.05, 4.69) is 5.32 Å². The van der Waals surface area contributed by atoms with Crippen LogP contribution in [0.2, 0.25) is 0 Å². The van der Waals surface area contributed by atoms with Gasteiger partial charge in [-0.2, -0.15) is 0 Å². The molecule has 0 unspecified atom stereocenters. The van der Waals surface area contributed by atoms with Crippen LogP contribution in [-0.2, 0) is 9.53 Å². The van der Waals surface area contributed by atoms with Gasteiger partial charge >= 0.3 is 0 Å². The van der Waals surface area contributed by atoms with E-state index < -0.39 is 0 Å². The van der Waals surface area contributed by atoms with Gasteiger partial charge in [0.05, 0.1) is 7.11 Å². The van der Waals surface area contributed by atoms with Gasteiger partial charge in [0, 0.05) is 25.6 Å². The lowest BCUT2D eigenvalue weighted by molar-refractivity contribution is -0.123. The number of carbonyl (C=O) groups is 1. The van der Waals surface area contributed by atoms with E-state index in [4.69, 9.17) is 9.47 Å². The molecular weight excluding hydrogens is 254 g/mol. The quantitative estimate of drug-likeness (QED) is 0.871. The fraction of sp³-hybridized carbons (Fsp3) is 0.562. The van der Waals surface area contributed by atoms with Gasteiger partial charge in [-0.05, 0) is 11.5 Å². The Hall–Kier alpha value is -1.55. The molecule has 0 spiro atoms. The largest absolute Gasteiger partial charge is 0.496 e. The van der Waals surface area contributed by atoms with Crippen molar-refractivity contribution in [2.75, 3.05) is 20.8 Å². The third-order valence-corrected chi connectivity index (χ3v) is 2.95. The zero-order chi connectivity index (χ0) is 15.2. The van der Waals surface area contributed by atoms with Crippen molar-refractivity contribution < 1.29 is 14.3 Å². The van der Waals surface area contributed by atoms with E-state index in [9.17, 15) is 4.79 Å². The molecule has 0 aromatic heterocycles. The molecule has 112 valence electrons. The van der Waals surface area contributed by atoms with Gasteiger partial charge in [-0.1, -0.05) is 39.0 Å². The molecule has 1 aromatic carbocycles. The van der Waals surface area contributed by atoms with Crippen molar-refractivity contribution in [3.05, 3.63) is 29.8 Å². The van der Waals surface area contributed by atoms with Gasteiger partial charge in [-0.25, -0.2) is 0 Å². The maximum Gasteiger partial charge on any atom is 0.220 e. The van der Waals surface area contributed by atoms with Crippen LogP contribution in [0.4, 0.5) is 0 Å². The molecule has 4 heteroatoms. The number of methoxy groups -OCH3 is 2. The first-order valence-electron chi connectivity index (χ1n) is 6.80. The van der Waals surface area contributed by atoms with Gasteiger partial charge in [0.25, 0.3) is 0 Å². The number of hydrogen-bond donors (Lipinski definition) is 1. The molecule has 0 bridgehead atoms. The maximum atomic E-state index is 11.9. The fourth-order valence-corrected chi connectivity index (χ4v) is 2.00. The van der Waals surface area contributed by atoms with Gasteiger partial charge < -0.3 is 14.8 Å². The zero-order valence-electron chi connectivity index (χ0n) is 13.0. The van der Waals surface area contributed by atoms with Crippen molar-refractivity contribution in [3.8, 4) is 5.75 Å². The predicted octanol–water partition coefficient (Wildman–Crippen LogP) is 2.94. The summed E-state index contributed by atoms with van der Waals surface area (Å²) in [5, 5.41) is 2.92. The lowest BCUT2D eigenvalue weighted by Crippen LogP contribution is -2.31. The summed E-state index contributed by atoms with van der Waals surface area (Å²) >= 11 is 0. The van der Waals surface area contributed by atoms with Crippen molar-refractivity contribution in [1.82, 2.24) is 5.32 Å². The summed E-state index contributed by atoms with van der Waals surface area (Å²) in [6.45, 7) is 6.56. The molecule has 0 radical (unpaired) electrons. The van der Waals surface area contributed by atoms with Crippen LogP contribution in [-0.4, -0.2) is 26.7 Å². The summed E-state index contributed by atoms with van der Waals surface area (Å²) in [5.74, 6) is 0.805. The fourth-order valence-electron chi connectivity index (χ4n) is 2.00. The second-order valence-corrected chi connectivity index (χ2v) is 6.01. The molecule has 1 N–H and O–H groups in total. The molecule has 0 aliphatic rings. The van der Waals surface area contributed by atoms with Gasteiger partial charge in [-0.3, -0.25) is 4.79 Å². The van der Waals surface area contributed by atoms with Crippen molar-refractivity contribution in [3.63, 3.8) is 0 Å². The molecule has 1 aromatic rings. The molecule has 0 aliphatic heterocycles. The number of amides is 1. The highest BCUT2D eigenvalue weighted by molar-refractivity contribution is 5.76. The Kier molecular flexibility index (Phi) is 6.02. The van der Waals surface area contributed by atoms with Crippen LogP contribution < -0.4 is 10.1 Å². The molecule has 0 saturated heterocycles. The minimum absolute atomic E-state index is 0.0168. The lowest BCUT2D eigenvalue weighted by Gasteiger charge is -2.21. The highest BCUT2D eigenvalue weighted by atomic mass is 16.5. The van der Waals surface area contributed by atoms with E-state index >= 15 is 0 Å². The number of rotatable bonds is 6. The second kappa shape index (κ2) is 7.29. The monoisotopic (exact) mass is 279 g/mol. The predicted molar refractivity (Wildman–Crippen MR) is 79.8 cm³/mol. The minimum Gasteiger partial charge on any atom is -0.496 e. The Bertz CT molecular complexity index is 438. The van der Waals surface area contributed by atoms with E-state index in [0.717, 1.165) is 11.3 Å². The Morgan fingerprint density at radius 1 is 1.25 bits per heavy atom. The van der Waals surface area contributed by atoms with Crippen LogP contribution in [0.3, 0.4) is 0 Å². The Morgan fingerprint density at radius 2 is 1.90 bits per heavy atom.